The highest BCUT2D eigenvalue weighted by atomic mass is 16.3. The van der Waals surface area contributed by atoms with E-state index in [1.165, 1.54) is 5.56 Å². The summed E-state index contributed by atoms with van der Waals surface area (Å²) in [5.74, 6) is 2.03. The largest absolute Gasteiger partial charge is 0.393 e. The number of aliphatic hydroxyl groups excluding tert-OH is 3. The Morgan fingerprint density at radius 3 is 2.63 bits per heavy atom. The van der Waals surface area contributed by atoms with Crippen molar-refractivity contribution in [3.8, 4) is 0 Å². The normalized spacial score (nSPS) is 43.3. The van der Waals surface area contributed by atoms with Gasteiger partial charge >= 0.3 is 0 Å². The van der Waals surface area contributed by atoms with Crippen LogP contribution in [0.3, 0.4) is 0 Å². The van der Waals surface area contributed by atoms with Crippen LogP contribution in [0, 0.1) is 53.3 Å². The van der Waals surface area contributed by atoms with Gasteiger partial charge in [0.2, 0.25) is 5.91 Å². The number of rotatable bonds is 4. The number of aryl methyl sites for hydroxylation is 1. The van der Waals surface area contributed by atoms with E-state index < -0.39 is 0 Å². The number of nitrogens with zero attached hydrogens (tertiary/aromatic N) is 1. The SMILES string of the molecule is Cc1ccc2c(ccn2C(=O)CC[C@@H](C)[C@H]2CC[C@H]3[C@@H]4[C@H](O)C[C@@H]5C[C@H](O)CC[C@]5(C)[C@H]4C[C@H](O)[C@]23C)c1. The molecule has 1 aromatic heterocycles. The van der Waals surface area contributed by atoms with Gasteiger partial charge in [-0.1, -0.05) is 32.4 Å². The van der Waals surface area contributed by atoms with Crippen molar-refractivity contribution in [1.82, 2.24) is 4.57 Å². The summed E-state index contributed by atoms with van der Waals surface area (Å²) >= 11 is 0. The van der Waals surface area contributed by atoms with Crippen LogP contribution in [0.5, 0.6) is 0 Å². The first-order chi connectivity index (χ1) is 18.0. The van der Waals surface area contributed by atoms with Gasteiger partial charge < -0.3 is 15.3 Å². The topological polar surface area (TPSA) is 82.7 Å². The van der Waals surface area contributed by atoms with Crippen LogP contribution in [0.15, 0.2) is 30.5 Å². The number of fused-ring (bicyclic) bond motifs is 6. The summed E-state index contributed by atoms with van der Waals surface area (Å²) < 4.78 is 1.80. The number of carbonyl (C=O) groups excluding carboxylic acids is 1. The number of aromatic nitrogens is 1. The van der Waals surface area contributed by atoms with Crippen LogP contribution < -0.4 is 0 Å². The van der Waals surface area contributed by atoms with Crippen molar-refractivity contribution in [2.45, 2.75) is 104 Å². The van der Waals surface area contributed by atoms with Gasteiger partial charge in [-0.15, -0.1) is 0 Å². The molecule has 6 rings (SSSR count). The second kappa shape index (κ2) is 9.45. The Hall–Kier alpha value is -1.69. The Morgan fingerprint density at radius 1 is 1.05 bits per heavy atom. The van der Waals surface area contributed by atoms with E-state index in [0.717, 1.165) is 62.3 Å². The summed E-state index contributed by atoms with van der Waals surface area (Å²) in [4.78, 5) is 13.2. The van der Waals surface area contributed by atoms with Crippen LogP contribution in [-0.2, 0) is 0 Å². The van der Waals surface area contributed by atoms with Crippen molar-refractivity contribution >= 4 is 16.8 Å². The predicted molar refractivity (Wildman–Crippen MR) is 150 cm³/mol. The van der Waals surface area contributed by atoms with Crippen LogP contribution in [0.2, 0.25) is 0 Å². The smallest absolute Gasteiger partial charge is 0.231 e. The van der Waals surface area contributed by atoms with E-state index in [1.54, 1.807) is 4.57 Å². The molecule has 38 heavy (non-hydrogen) atoms. The average Bonchev–Trinajstić information content (AvgIpc) is 3.45. The van der Waals surface area contributed by atoms with Crippen LogP contribution in [0.4, 0.5) is 0 Å². The van der Waals surface area contributed by atoms with E-state index in [1.807, 2.05) is 18.3 Å². The molecular weight excluding hydrogens is 474 g/mol. The first-order valence-corrected chi connectivity index (χ1v) is 15.2. The quantitative estimate of drug-likeness (QED) is 0.463. The molecular formula is C33H47NO4. The van der Waals surface area contributed by atoms with E-state index in [4.69, 9.17) is 0 Å². The number of hydrogen-bond acceptors (Lipinski definition) is 4. The first-order valence-electron chi connectivity index (χ1n) is 15.2. The van der Waals surface area contributed by atoms with E-state index in [2.05, 4.69) is 39.8 Å². The molecule has 1 heterocycles. The fourth-order valence-electron chi connectivity index (χ4n) is 10.3. The van der Waals surface area contributed by atoms with Crippen LogP contribution in [-0.4, -0.2) is 44.1 Å². The fourth-order valence-corrected chi connectivity index (χ4v) is 10.3. The molecule has 0 radical (unpaired) electrons. The van der Waals surface area contributed by atoms with Crippen molar-refractivity contribution in [1.29, 1.82) is 0 Å². The minimum absolute atomic E-state index is 0.0969. The molecule has 5 nitrogen and oxygen atoms in total. The van der Waals surface area contributed by atoms with Gasteiger partial charge in [0.1, 0.15) is 0 Å². The third kappa shape index (κ3) is 3.94. The lowest BCUT2D eigenvalue weighted by Crippen LogP contribution is -2.62. The molecule has 11 atom stereocenters. The molecule has 2 aromatic rings. The summed E-state index contributed by atoms with van der Waals surface area (Å²) in [7, 11) is 0. The number of aliphatic hydroxyl groups is 3. The summed E-state index contributed by atoms with van der Waals surface area (Å²) in [5.41, 5.74) is 2.05. The zero-order valence-corrected chi connectivity index (χ0v) is 23.6. The van der Waals surface area contributed by atoms with Gasteiger partial charge in [0.15, 0.2) is 0 Å². The molecule has 0 spiro atoms. The minimum Gasteiger partial charge on any atom is -0.393 e. The van der Waals surface area contributed by atoms with E-state index in [-0.39, 0.29) is 41.0 Å². The highest BCUT2D eigenvalue weighted by Gasteiger charge is 2.65. The molecule has 0 unspecified atom stereocenters. The second-order valence-corrected chi connectivity index (χ2v) is 14.2. The van der Waals surface area contributed by atoms with Crippen molar-refractivity contribution in [2.75, 3.05) is 0 Å². The maximum absolute atomic E-state index is 13.2. The highest BCUT2D eigenvalue weighted by molar-refractivity contribution is 5.92. The molecule has 0 saturated heterocycles. The van der Waals surface area contributed by atoms with Crippen molar-refractivity contribution in [3.63, 3.8) is 0 Å². The van der Waals surface area contributed by atoms with E-state index in [9.17, 15) is 20.1 Å². The van der Waals surface area contributed by atoms with E-state index in [0.29, 0.717) is 36.0 Å². The second-order valence-electron chi connectivity index (χ2n) is 14.2. The van der Waals surface area contributed by atoms with Crippen molar-refractivity contribution in [2.24, 2.45) is 46.3 Å². The summed E-state index contributed by atoms with van der Waals surface area (Å²) in [6.07, 6.45) is 8.54. The lowest BCUT2D eigenvalue weighted by atomic mass is 9.43. The average molecular weight is 522 g/mol. The molecule has 1 aromatic carbocycles. The van der Waals surface area contributed by atoms with Gasteiger partial charge in [0.05, 0.1) is 23.8 Å². The monoisotopic (exact) mass is 521 g/mol. The van der Waals surface area contributed by atoms with Crippen LogP contribution in [0.25, 0.3) is 10.9 Å². The van der Waals surface area contributed by atoms with Gasteiger partial charge in [0, 0.05) is 18.0 Å². The molecule has 5 heteroatoms. The standard InChI is InChI=1S/C33H47NO4/c1-19-5-9-27-21(15-19)12-14-34(27)30(38)10-6-20(2)24-7-8-25-31-26(18-29(37)33(24,25)4)32(3)13-11-23(35)16-22(32)17-28(31)36/h5,9,12,14-15,20,22-26,28-29,31,35-37H,6-8,10-11,13,16-18H2,1-4H3/t20-,22+,23-,24-,25+,26+,28-,29+,31+,32+,33-/m1/s1. The summed E-state index contributed by atoms with van der Waals surface area (Å²) in [6, 6.07) is 8.24. The molecule has 4 fully saturated rings. The molecule has 0 bridgehead atoms. The zero-order chi connectivity index (χ0) is 27.0. The van der Waals surface area contributed by atoms with Gasteiger partial charge in [-0.2, -0.15) is 0 Å². The third-order valence-corrected chi connectivity index (χ3v) is 12.4. The van der Waals surface area contributed by atoms with Gasteiger partial charge in [-0.3, -0.25) is 9.36 Å². The molecule has 4 aliphatic carbocycles. The number of hydrogen-bond donors (Lipinski definition) is 3. The number of benzene rings is 1. The minimum atomic E-state index is -0.384. The first kappa shape index (κ1) is 26.5. The molecule has 3 N–H and O–H groups in total. The molecule has 4 saturated carbocycles. The van der Waals surface area contributed by atoms with Gasteiger partial charge in [-0.05, 0) is 123 Å². The summed E-state index contributed by atoms with van der Waals surface area (Å²) in [5, 5.41) is 34.7. The van der Waals surface area contributed by atoms with Crippen LogP contribution in [0.1, 0.15) is 88.9 Å². The maximum Gasteiger partial charge on any atom is 0.231 e. The molecule has 208 valence electrons. The Kier molecular flexibility index (Phi) is 6.60. The highest BCUT2D eigenvalue weighted by Crippen LogP contribution is 2.68. The lowest BCUT2D eigenvalue weighted by molar-refractivity contribution is -0.207. The Bertz CT molecular complexity index is 1200. The maximum atomic E-state index is 13.2. The van der Waals surface area contributed by atoms with Crippen molar-refractivity contribution in [3.05, 3.63) is 36.0 Å². The number of carbonyl (C=O) groups is 1. The Balaban J connectivity index is 1.18. The predicted octanol–water partition coefficient (Wildman–Crippen LogP) is 5.97. The third-order valence-electron chi connectivity index (χ3n) is 12.4. The van der Waals surface area contributed by atoms with Gasteiger partial charge in [-0.25, -0.2) is 0 Å². The Labute approximate surface area is 227 Å². The lowest BCUT2D eigenvalue weighted by Gasteiger charge is -2.63. The molecule has 4 aliphatic rings. The Morgan fingerprint density at radius 2 is 1.84 bits per heavy atom. The molecule has 0 aliphatic heterocycles. The van der Waals surface area contributed by atoms with Gasteiger partial charge in [0.25, 0.3) is 0 Å². The zero-order valence-electron chi connectivity index (χ0n) is 23.6. The van der Waals surface area contributed by atoms with Crippen molar-refractivity contribution < 1.29 is 20.1 Å². The molecule has 0 amide bonds. The van der Waals surface area contributed by atoms with E-state index >= 15 is 0 Å². The fraction of sp³-hybridized carbons (Fsp3) is 0.727. The summed E-state index contributed by atoms with van der Waals surface area (Å²) in [6.45, 7) is 9.03. The van der Waals surface area contributed by atoms with Crippen LogP contribution >= 0.6 is 0 Å².